The highest BCUT2D eigenvalue weighted by Gasteiger charge is 2.24. The first-order chi connectivity index (χ1) is 6.74. The third kappa shape index (κ3) is 2.71. The summed E-state index contributed by atoms with van der Waals surface area (Å²) in [6.45, 7) is 4.92. The molecule has 1 atom stereocenters. The zero-order valence-electron chi connectivity index (χ0n) is 9.63. The van der Waals surface area contributed by atoms with E-state index in [0.717, 1.165) is 18.0 Å². The van der Waals surface area contributed by atoms with Crippen LogP contribution in [0.5, 0.6) is 0 Å². The minimum absolute atomic E-state index is 0.776. The van der Waals surface area contributed by atoms with Crippen molar-refractivity contribution in [2.45, 2.75) is 51.1 Å². The lowest BCUT2D eigenvalue weighted by Crippen LogP contribution is -2.41. The van der Waals surface area contributed by atoms with E-state index in [0.29, 0.717) is 0 Å². The van der Waals surface area contributed by atoms with Crippen molar-refractivity contribution in [1.82, 2.24) is 10.2 Å². The molecule has 82 valence electrons. The van der Waals surface area contributed by atoms with Crippen molar-refractivity contribution in [1.29, 1.82) is 0 Å². The molecule has 1 aliphatic carbocycles. The molecule has 0 aromatic carbocycles. The highest BCUT2D eigenvalue weighted by Crippen LogP contribution is 2.24. The van der Waals surface area contributed by atoms with Crippen LogP contribution in [0.3, 0.4) is 0 Å². The van der Waals surface area contributed by atoms with Gasteiger partial charge in [-0.25, -0.2) is 0 Å². The van der Waals surface area contributed by atoms with Crippen molar-refractivity contribution in [3.8, 4) is 0 Å². The number of nitrogens with one attached hydrogen (secondary N) is 1. The van der Waals surface area contributed by atoms with E-state index in [1.807, 2.05) is 0 Å². The van der Waals surface area contributed by atoms with E-state index < -0.39 is 0 Å². The topological polar surface area (TPSA) is 15.3 Å². The average molecular weight is 196 g/mol. The summed E-state index contributed by atoms with van der Waals surface area (Å²) in [6, 6.07) is 1.60. The molecule has 1 aliphatic heterocycles. The molecule has 2 fully saturated rings. The lowest BCUT2D eigenvalue weighted by molar-refractivity contribution is 0.284. The van der Waals surface area contributed by atoms with Gasteiger partial charge in [0.1, 0.15) is 0 Å². The zero-order valence-corrected chi connectivity index (χ0v) is 9.63. The minimum atomic E-state index is 0.776. The zero-order chi connectivity index (χ0) is 9.97. The number of hydrogen-bond donors (Lipinski definition) is 1. The van der Waals surface area contributed by atoms with Crippen LogP contribution >= 0.6 is 0 Å². The van der Waals surface area contributed by atoms with Crippen molar-refractivity contribution >= 4 is 0 Å². The number of nitrogens with zero attached hydrogens (tertiary/aromatic N) is 1. The van der Waals surface area contributed by atoms with E-state index in [4.69, 9.17) is 0 Å². The second-order valence-corrected chi connectivity index (χ2v) is 5.37. The van der Waals surface area contributed by atoms with E-state index in [1.54, 1.807) is 0 Å². The monoisotopic (exact) mass is 196 g/mol. The Bertz CT molecular complexity index is 173. The first kappa shape index (κ1) is 10.4. The Morgan fingerprint density at radius 3 is 2.29 bits per heavy atom. The van der Waals surface area contributed by atoms with Gasteiger partial charge in [0.2, 0.25) is 0 Å². The molecular weight excluding hydrogens is 172 g/mol. The Hall–Kier alpha value is -0.0800. The fourth-order valence-corrected chi connectivity index (χ4v) is 2.83. The van der Waals surface area contributed by atoms with Crippen LogP contribution < -0.4 is 5.32 Å². The Labute approximate surface area is 88.1 Å². The van der Waals surface area contributed by atoms with Gasteiger partial charge in [-0.1, -0.05) is 6.92 Å². The van der Waals surface area contributed by atoms with Gasteiger partial charge >= 0.3 is 0 Å². The van der Waals surface area contributed by atoms with E-state index in [1.165, 1.54) is 45.2 Å². The summed E-state index contributed by atoms with van der Waals surface area (Å²) >= 11 is 0. The fourth-order valence-electron chi connectivity index (χ4n) is 2.83. The summed E-state index contributed by atoms with van der Waals surface area (Å²) in [5.74, 6) is 0.972. The van der Waals surface area contributed by atoms with Gasteiger partial charge in [0.05, 0.1) is 0 Å². The molecule has 1 saturated heterocycles. The SMILES string of the molecule is CC1CCC(N[C@@H]2CCN(C)C2)CC1. The molecule has 2 rings (SSSR count). The van der Waals surface area contributed by atoms with Crippen molar-refractivity contribution in [2.75, 3.05) is 20.1 Å². The maximum Gasteiger partial charge on any atom is 0.0209 e. The molecule has 0 unspecified atom stereocenters. The van der Waals surface area contributed by atoms with Crippen LogP contribution in [-0.4, -0.2) is 37.1 Å². The molecule has 1 N–H and O–H groups in total. The highest BCUT2D eigenvalue weighted by molar-refractivity contribution is 4.84. The average Bonchev–Trinajstić information content (AvgIpc) is 2.56. The van der Waals surface area contributed by atoms with Crippen LogP contribution in [0.25, 0.3) is 0 Å². The predicted octanol–water partition coefficient (Wildman–Crippen LogP) is 1.86. The van der Waals surface area contributed by atoms with Gasteiger partial charge in [-0.2, -0.15) is 0 Å². The van der Waals surface area contributed by atoms with Gasteiger partial charge < -0.3 is 10.2 Å². The quantitative estimate of drug-likeness (QED) is 0.725. The third-order valence-electron chi connectivity index (χ3n) is 3.88. The molecular formula is C12H24N2. The van der Waals surface area contributed by atoms with E-state index in [-0.39, 0.29) is 0 Å². The molecule has 2 nitrogen and oxygen atoms in total. The number of hydrogen-bond acceptors (Lipinski definition) is 2. The summed E-state index contributed by atoms with van der Waals surface area (Å²) in [4.78, 5) is 2.43. The maximum atomic E-state index is 3.83. The molecule has 14 heavy (non-hydrogen) atoms. The largest absolute Gasteiger partial charge is 0.310 e. The first-order valence-corrected chi connectivity index (χ1v) is 6.18. The van der Waals surface area contributed by atoms with Crippen LogP contribution in [0, 0.1) is 5.92 Å². The summed E-state index contributed by atoms with van der Waals surface area (Å²) in [7, 11) is 2.23. The lowest BCUT2D eigenvalue weighted by atomic mass is 9.87. The van der Waals surface area contributed by atoms with Gasteiger partial charge in [0, 0.05) is 18.6 Å². The molecule has 0 spiro atoms. The Balaban J connectivity index is 1.70. The molecule has 1 saturated carbocycles. The van der Waals surface area contributed by atoms with Crippen molar-refractivity contribution in [3.05, 3.63) is 0 Å². The normalized spacial score (nSPS) is 40.3. The number of likely N-dealkylation sites (N-methyl/N-ethyl adjacent to an activating group) is 1. The Kier molecular flexibility index (Phi) is 3.45. The number of likely N-dealkylation sites (tertiary alicyclic amines) is 1. The van der Waals surface area contributed by atoms with Gasteiger partial charge in [-0.3, -0.25) is 0 Å². The molecule has 0 aromatic rings. The molecule has 2 heteroatoms. The molecule has 2 aliphatic rings. The van der Waals surface area contributed by atoms with Crippen LogP contribution in [0.4, 0.5) is 0 Å². The highest BCUT2D eigenvalue weighted by atomic mass is 15.2. The second-order valence-electron chi connectivity index (χ2n) is 5.37. The standard InChI is InChI=1S/C12H24N2/c1-10-3-5-11(6-4-10)13-12-7-8-14(2)9-12/h10-13H,3-9H2,1-2H3/t10?,11?,12-/m1/s1. The lowest BCUT2D eigenvalue weighted by Gasteiger charge is -2.29. The van der Waals surface area contributed by atoms with Crippen LogP contribution in [0.2, 0.25) is 0 Å². The Morgan fingerprint density at radius 1 is 1.00 bits per heavy atom. The summed E-state index contributed by atoms with van der Waals surface area (Å²) in [5, 5.41) is 3.83. The first-order valence-electron chi connectivity index (χ1n) is 6.18. The van der Waals surface area contributed by atoms with Crippen LogP contribution in [-0.2, 0) is 0 Å². The van der Waals surface area contributed by atoms with Crippen LogP contribution in [0.15, 0.2) is 0 Å². The van der Waals surface area contributed by atoms with E-state index >= 15 is 0 Å². The molecule has 0 radical (unpaired) electrons. The van der Waals surface area contributed by atoms with E-state index in [2.05, 4.69) is 24.2 Å². The smallest absolute Gasteiger partial charge is 0.0209 e. The van der Waals surface area contributed by atoms with E-state index in [9.17, 15) is 0 Å². The van der Waals surface area contributed by atoms with Crippen molar-refractivity contribution in [2.24, 2.45) is 5.92 Å². The van der Waals surface area contributed by atoms with Gasteiger partial charge in [-0.05, 0) is 51.6 Å². The minimum Gasteiger partial charge on any atom is -0.310 e. The fraction of sp³-hybridized carbons (Fsp3) is 1.00. The van der Waals surface area contributed by atoms with Crippen molar-refractivity contribution < 1.29 is 0 Å². The Morgan fingerprint density at radius 2 is 1.71 bits per heavy atom. The number of rotatable bonds is 2. The molecule has 1 heterocycles. The maximum absolute atomic E-state index is 3.83. The predicted molar refractivity (Wildman–Crippen MR) is 60.5 cm³/mol. The van der Waals surface area contributed by atoms with Crippen LogP contribution in [0.1, 0.15) is 39.0 Å². The summed E-state index contributed by atoms with van der Waals surface area (Å²) < 4.78 is 0. The summed E-state index contributed by atoms with van der Waals surface area (Å²) in [5.41, 5.74) is 0. The van der Waals surface area contributed by atoms with Crippen molar-refractivity contribution in [3.63, 3.8) is 0 Å². The summed E-state index contributed by atoms with van der Waals surface area (Å²) in [6.07, 6.45) is 7.02. The van der Waals surface area contributed by atoms with Gasteiger partial charge in [-0.15, -0.1) is 0 Å². The molecule has 0 amide bonds. The second kappa shape index (κ2) is 4.63. The third-order valence-corrected chi connectivity index (χ3v) is 3.88. The molecule has 0 bridgehead atoms. The van der Waals surface area contributed by atoms with Gasteiger partial charge in [0.25, 0.3) is 0 Å². The van der Waals surface area contributed by atoms with Gasteiger partial charge in [0.15, 0.2) is 0 Å². The molecule has 0 aromatic heterocycles.